The maximum atomic E-state index is 11.8. The maximum absolute atomic E-state index is 11.8. The minimum Gasteiger partial charge on any atom is -0.397 e. The number of amides is 1. The molecule has 0 aliphatic heterocycles. The van der Waals surface area contributed by atoms with Gasteiger partial charge in [-0.25, -0.2) is 0 Å². The summed E-state index contributed by atoms with van der Waals surface area (Å²) in [6, 6.07) is 6.74. The lowest BCUT2D eigenvalue weighted by atomic mass is 10.2. The molecule has 1 atom stereocenters. The minimum absolute atomic E-state index is 0.165. The first-order chi connectivity index (χ1) is 8.69. The van der Waals surface area contributed by atoms with Gasteiger partial charge in [-0.1, -0.05) is 12.1 Å². The smallest absolute Gasteiger partial charge is 0.243 e. The zero-order valence-electron chi connectivity index (χ0n) is 10.9. The third-order valence-electron chi connectivity index (χ3n) is 2.22. The molecule has 6 heteroatoms. The summed E-state index contributed by atoms with van der Waals surface area (Å²) in [7, 11) is 3.26. The maximum Gasteiger partial charge on any atom is 0.243 e. The highest BCUT2D eigenvalue weighted by atomic mass is 35.5. The largest absolute Gasteiger partial charge is 0.397 e. The van der Waals surface area contributed by atoms with Crippen molar-refractivity contribution in [2.45, 2.75) is 6.04 Å². The number of hydrogen-bond donors (Lipinski definition) is 3. The second kappa shape index (κ2) is 9.70. The Morgan fingerprint density at radius 2 is 2.06 bits per heavy atom. The van der Waals surface area contributed by atoms with E-state index in [-0.39, 0.29) is 11.9 Å². The number of likely N-dealkylation sites (N-methyl/N-ethyl adjacent to an activating group) is 1. The van der Waals surface area contributed by atoms with Crippen molar-refractivity contribution in [2.24, 2.45) is 0 Å². The van der Waals surface area contributed by atoms with Crippen LogP contribution in [0.15, 0.2) is 24.3 Å². The Morgan fingerprint density at radius 3 is 2.56 bits per heavy atom. The Hall–Kier alpha value is -1.30. The van der Waals surface area contributed by atoms with E-state index in [0.717, 1.165) is 0 Å². The van der Waals surface area contributed by atoms with Crippen molar-refractivity contribution in [1.29, 1.82) is 0 Å². The second-order valence-corrected chi connectivity index (χ2v) is 3.37. The lowest BCUT2D eigenvalue weighted by molar-refractivity contribution is -0.119. The predicted molar refractivity (Wildman–Crippen MR) is 76.0 cm³/mol. The topological polar surface area (TPSA) is 76.4 Å². The molecule has 18 heavy (non-hydrogen) atoms. The van der Waals surface area contributed by atoms with Gasteiger partial charge >= 0.3 is 0 Å². The molecule has 0 saturated heterocycles. The van der Waals surface area contributed by atoms with E-state index < -0.39 is 0 Å². The van der Waals surface area contributed by atoms with E-state index in [9.17, 15) is 4.79 Å². The van der Waals surface area contributed by atoms with Crippen LogP contribution in [0.25, 0.3) is 0 Å². The molecule has 0 aliphatic rings. The van der Waals surface area contributed by atoms with E-state index >= 15 is 0 Å². The number of methoxy groups -OCH3 is 1. The van der Waals surface area contributed by atoms with Gasteiger partial charge in [-0.15, -0.1) is 11.6 Å². The first kappa shape index (κ1) is 16.7. The van der Waals surface area contributed by atoms with Crippen molar-refractivity contribution in [2.75, 3.05) is 38.2 Å². The Kier molecular flexibility index (Phi) is 9.00. The minimum atomic E-state index is -0.385. The normalized spacial score (nSPS) is 11.1. The molecular weight excluding hydrogens is 254 g/mol. The van der Waals surface area contributed by atoms with Crippen LogP contribution in [-0.4, -0.2) is 39.1 Å². The predicted octanol–water partition coefficient (Wildman–Crippen LogP) is 1.30. The van der Waals surface area contributed by atoms with Crippen molar-refractivity contribution >= 4 is 28.9 Å². The summed E-state index contributed by atoms with van der Waals surface area (Å²) in [5, 5.41) is 5.60. The summed E-state index contributed by atoms with van der Waals surface area (Å²) in [5.74, 6) is -0.165. The van der Waals surface area contributed by atoms with Crippen molar-refractivity contribution in [1.82, 2.24) is 5.32 Å². The SMILES string of the molecule is CCl.CN[C@@H](COC)C(=O)Nc1ccccc1N. The molecule has 1 amide bonds. The highest BCUT2D eigenvalue weighted by Gasteiger charge is 2.16. The number of anilines is 2. The fourth-order valence-electron chi connectivity index (χ4n) is 1.29. The summed E-state index contributed by atoms with van der Waals surface area (Å²) < 4.78 is 4.93. The van der Waals surface area contributed by atoms with E-state index in [1.54, 1.807) is 26.3 Å². The van der Waals surface area contributed by atoms with Crippen LogP contribution in [0.4, 0.5) is 11.4 Å². The van der Waals surface area contributed by atoms with Gasteiger partial charge in [0.05, 0.1) is 18.0 Å². The number of nitrogen functional groups attached to an aromatic ring is 1. The van der Waals surface area contributed by atoms with Gasteiger partial charge < -0.3 is 21.1 Å². The second-order valence-electron chi connectivity index (χ2n) is 3.37. The summed E-state index contributed by atoms with van der Waals surface area (Å²) in [6.07, 6.45) is 1.47. The van der Waals surface area contributed by atoms with Gasteiger partial charge in [0.15, 0.2) is 0 Å². The molecule has 0 unspecified atom stereocenters. The standard InChI is InChI=1S/C11H17N3O2.CH3Cl/c1-13-10(7-16-2)11(15)14-9-6-4-3-5-8(9)12;1-2/h3-6,10,13H,7,12H2,1-2H3,(H,14,15);1H3/t10-;/m0./s1. The van der Waals surface area contributed by atoms with Gasteiger partial charge in [0, 0.05) is 13.5 Å². The van der Waals surface area contributed by atoms with Crippen LogP contribution in [-0.2, 0) is 9.53 Å². The number of benzene rings is 1. The first-order valence-corrected chi connectivity index (χ1v) is 6.14. The van der Waals surface area contributed by atoms with E-state index in [0.29, 0.717) is 18.0 Å². The van der Waals surface area contributed by atoms with Crippen LogP contribution in [0, 0.1) is 0 Å². The molecular formula is C12H20ClN3O2. The Labute approximate surface area is 113 Å². The number of nitrogens with one attached hydrogen (secondary N) is 2. The number of rotatable bonds is 5. The highest BCUT2D eigenvalue weighted by molar-refractivity contribution is 6.15. The summed E-state index contributed by atoms with van der Waals surface area (Å²) in [4.78, 5) is 11.8. The van der Waals surface area contributed by atoms with Gasteiger partial charge in [-0.05, 0) is 19.2 Å². The molecule has 4 N–H and O–H groups in total. The molecule has 1 aromatic rings. The monoisotopic (exact) mass is 273 g/mol. The molecule has 1 aromatic carbocycles. The zero-order chi connectivity index (χ0) is 14.0. The molecule has 0 saturated carbocycles. The number of carbonyl (C=O) groups is 1. The zero-order valence-corrected chi connectivity index (χ0v) is 11.6. The number of alkyl halides is 1. The molecule has 0 aromatic heterocycles. The quantitative estimate of drug-likeness (QED) is 0.558. The van der Waals surface area contributed by atoms with Gasteiger partial charge in [-0.3, -0.25) is 4.79 Å². The average Bonchev–Trinajstić information content (AvgIpc) is 2.41. The highest BCUT2D eigenvalue weighted by Crippen LogP contribution is 2.16. The Bertz CT molecular complexity index is 361. The number of nitrogens with two attached hydrogens (primary N) is 1. The molecule has 0 bridgehead atoms. The average molecular weight is 274 g/mol. The lowest BCUT2D eigenvalue weighted by Gasteiger charge is -2.15. The Balaban J connectivity index is 0.00000137. The van der Waals surface area contributed by atoms with Gasteiger partial charge in [0.1, 0.15) is 6.04 Å². The number of halogens is 1. The van der Waals surface area contributed by atoms with Crippen molar-refractivity contribution in [3.8, 4) is 0 Å². The number of carbonyl (C=O) groups excluding carboxylic acids is 1. The van der Waals surface area contributed by atoms with Gasteiger partial charge in [0.25, 0.3) is 0 Å². The molecule has 0 aliphatic carbocycles. The first-order valence-electron chi connectivity index (χ1n) is 5.38. The van der Waals surface area contributed by atoms with E-state index in [4.69, 9.17) is 10.5 Å². The molecule has 0 fully saturated rings. The van der Waals surface area contributed by atoms with Crippen LogP contribution < -0.4 is 16.4 Å². The van der Waals surface area contributed by atoms with Crippen LogP contribution in [0.3, 0.4) is 0 Å². The third-order valence-corrected chi connectivity index (χ3v) is 2.22. The van der Waals surface area contributed by atoms with E-state index in [1.165, 1.54) is 6.38 Å². The summed E-state index contributed by atoms with van der Waals surface area (Å²) in [6.45, 7) is 0.315. The molecule has 0 spiro atoms. The van der Waals surface area contributed by atoms with Gasteiger partial charge in [-0.2, -0.15) is 0 Å². The molecule has 5 nitrogen and oxygen atoms in total. The fourth-order valence-corrected chi connectivity index (χ4v) is 1.29. The van der Waals surface area contributed by atoms with Gasteiger partial charge in [0.2, 0.25) is 5.91 Å². The van der Waals surface area contributed by atoms with E-state index in [1.807, 2.05) is 12.1 Å². The summed E-state index contributed by atoms with van der Waals surface area (Å²) in [5.41, 5.74) is 6.88. The lowest BCUT2D eigenvalue weighted by Crippen LogP contribution is -2.41. The summed E-state index contributed by atoms with van der Waals surface area (Å²) >= 11 is 4.64. The molecule has 0 heterocycles. The van der Waals surface area contributed by atoms with Crippen molar-refractivity contribution in [3.63, 3.8) is 0 Å². The molecule has 102 valence electrons. The van der Waals surface area contributed by atoms with Crippen LogP contribution in [0.1, 0.15) is 0 Å². The third kappa shape index (κ3) is 5.35. The number of ether oxygens (including phenoxy) is 1. The van der Waals surface area contributed by atoms with Crippen LogP contribution in [0.5, 0.6) is 0 Å². The van der Waals surface area contributed by atoms with Crippen molar-refractivity contribution < 1.29 is 9.53 Å². The molecule has 1 rings (SSSR count). The number of hydrogen-bond acceptors (Lipinski definition) is 4. The fraction of sp³-hybridized carbons (Fsp3) is 0.417. The van der Waals surface area contributed by atoms with Crippen molar-refractivity contribution in [3.05, 3.63) is 24.3 Å². The Morgan fingerprint density at radius 1 is 1.44 bits per heavy atom. The van der Waals surface area contributed by atoms with Crippen LogP contribution in [0.2, 0.25) is 0 Å². The number of para-hydroxylation sites is 2. The van der Waals surface area contributed by atoms with E-state index in [2.05, 4.69) is 22.2 Å². The van der Waals surface area contributed by atoms with Crippen LogP contribution >= 0.6 is 11.6 Å². The molecule has 0 radical (unpaired) electrons.